The Bertz CT molecular complexity index is 861. The van der Waals surface area contributed by atoms with Crippen molar-refractivity contribution in [3.05, 3.63) is 59.7 Å². The number of unbranched alkanes of at least 4 members (excludes halogenated alkanes) is 2. The molecular formula is C21H28N2O3S. The van der Waals surface area contributed by atoms with Crippen LogP contribution in [0.3, 0.4) is 0 Å². The Morgan fingerprint density at radius 2 is 1.63 bits per heavy atom. The number of hydrogen-bond acceptors (Lipinski definition) is 3. The highest BCUT2D eigenvalue weighted by Crippen LogP contribution is 2.16. The van der Waals surface area contributed by atoms with Crippen LogP contribution in [0.2, 0.25) is 0 Å². The summed E-state index contributed by atoms with van der Waals surface area (Å²) in [6, 6.07) is 14.5. The van der Waals surface area contributed by atoms with Crippen molar-refractivity contribution in [1.82, 2.24) is 4.31 Å². The Balaban J connectivity index is 1.72. The predicted molar refractivity (Wildman–Crippen MR) is 109 cm³/mol. The fourth-order valence-electron chi connectivity index (χ4n) is 2.73. The smallest absolute Gasteiger partial charge is 0.242 e. The molecule has 0 saturated carbocycles. The minimum atomic E-state index is -3.45. The van der Waals surface area contributed by atoms with Crippen molar-refractivity contribution in [3.63, 3.8) is 0 Å². The van der Waals surface area contributed by atoms with E-state index < -0.39 is 10.0 Å². The molecule has 0 aliphatic heterocycles. The van der Waals surface area contributed by atoms with E-state index in [1.165, 1.54) is 4.31 Å². The van der Waals surface area contributed by atoms with Crippen LogP contribution in [0.15, 0.2) is 53.4 Å². The molecule has 0 aromatic heterocycles. The summed E-state index contributed by atoms with van der Waals surface area (Å²) in [5.74, 6) is -0.00932. The van der Waals surface area contributed by atoms with Crippen molar-refractivity contribution in [2.75, 3.05) is 18.9 Å². The molecule has 2 aromatic carbocycles. The van der Waals surface area contributed by atoms with Gasteiger partial charge in [-0.25, -0.2) is 12.7 Å². The zero-order valence-corrected chi connectivity index (χ0v) is 17.1. The third-order valence-corrected chi connectivity index (χ3v) is 6.40. The largest absolute Gasteiger partial charge is 0.326 e. The maximum absolute atomic E-state index is 12.5. The van der Waals surface area contributed by atoms with E-state index in [9.17, 15) is 13.2 Å². The number of carbonyl (C=O) groups is 1. The first kappa shape index (κ1) is 21.1. The number of carbonyl (C=O) groups excluding carboxylic acids is 1. The fraction of sp³-hybridized carbons (Fsp3) is 0.381. The molecule has 1 amide bonds. The van der Waals surface area contributed by atoms with Gasteiger partial charge in [-0.15, -0.1) is 0 Å². The van der Waals surface area contributed by atoms with Crippen molar-refractivity contribution in [1.29, 1.82) is 0 Å². The summed E-state index contributed by atoms with van der Waals surface area (Å²) in [6.45, 7) is 4.32. The van der Waals surface area contributed by atoms with Gasteiger partial charge in [0.25, 0.3) is 0 Å². The van der Waals surface area contributed by atoms with Gasteiger partial charge >= 0.3 is 0 Å². The highest BCUT2D eigenvalue weighted by molar-refractivity contribution is 7.89. The Labute approximate surface area is 162 Å². The number of amides is 1. The number of sulfonamides is 1. The molecule has 0 spiro atoms. The van der Waals surface area contributed by atoms with Crippen LogP contribution in [0.25, 0.3) is 0 Å². The fourth-order valence-corrected chi connectivity index (χ4v) is 3.94. The number of nitrogens with one attached hydrogen (secondary N) is 1. The van der Waals surface area contributed by atoms with Gasteiger partial charge in [0.05, 0.1) is 4.90 Å². The van der Waals surface area contributed by atoms with Crippen LogP contribution >= 0.6 is 0 Å². The molecule has 0 aliphatic rings. The maximum Gasteiger partial charge on any atom is 0.242 e. The zero-order valence-electron chi connectivity index (χ0n) is 16.2. The van der Waals surface area contributed by atoms with Crippen LogP contribution in [-0.4, -0.2) is 32.2 Å². The van der Waals surface area contributed by atoms with Gasteiger partial charge in [-0.2, -0.15) is 0 Å². The van der Waals surface area contributed by atoms with Gasteiger partial charge in [-0.1, -0.05) is 42.3 Å². The first-order valence-electron chi connectivity index (χ1n) is 9.19. The van der Waals surface area contributed by atoms with Gasteiger partial charge in [0.1, 0.15) is 0 Å². The number of aryl methyl sites for hydroxylation is 2. The number of rotatable bonds is 9. The van der Waals surface area contributed by atoms with E-state index in [2.05, 4.69) is 5.32 Å². The Kier molecular flexibility index (Phi) is 7.56. The molecule has 0 fully saturated rings. The average molecular weight is 389 g/mol. The second-order valence-corrected chi connectivity index (χ2v) is 8.86. The highest BCUT2D eigenvalue weighted by Gasteiger charge is 2.19. The normalized spacial score (nSPS) is 11.6. The molecule has 146 valence electrons. The maximum atomic E-state index is 12.5. The van der Waals surface area contributed by atoms with Crippen molar-refractivity contribution < 1.29 is 13.2 Å². The predicted octanol–water partition coefficient (Wildman–Crippen LogP) is 4.12. The SMILES string of the molecule is Cc1ccc(S(=O)(=O)N(C)CCCCCC(=O)Nc2ccccc2C)cc1. The van der Waals surface area contributed by atoms with E-state index >= 15 is 0 Å². The summed E-state index contributed by atoms with van der Waals surface area (Å²) in [6.07, 6.45) is 2.69. The average Bonchev–Trinajstić information content (AvgIpc) is 2.63. The number of benzene rings is 2. The first-order chi connectivity index (χ1) is 12.8. The topological polar surface area (TPSA) is 66.5 Å². The van der Waals surface area contributed by atoms with E-state index in [-0.39, 0.29) is 5.91 Å². The first-order valence-corrected chi connectivity index (χ1v) is 10.6. The van der Waals surface area contributed by atoms with Crippen LogP contribution in [0.1, 0.15) is 36.8 Å². The summed E-state index contributed by atoms with van der Waals surface area (Å²) in [7, 11) is -1.85. The number of anilines is 1. The minimum Gasteiger partial charge on any atom is -0.326 e. The Hall–Kier alpha value is -2.18. The molecule has 27 heavy (non-hydrogen) atoms. The molecule has 0 atom stereocenters. The third-order valence-electron chi connectivity index (χ3n) is 4.53. The van der Waals surface area contributed by atoms with Gasteiger partial charge in [-0.05, 0) is 50.5 Å². The monoisotopic (exact) mass is 388 g/mol. The van der Waals surface area contributed by atoms with E-state index in [1.807, 2.05) is 38.1 Å². The van der Waals surface area contributed by atoms with E-state index in [0.717, 1.165) is 36.1 Å². The second kappa shape index (κ2) is 9.67. The lowest BCUT2D eigenvalue weighted by Gasteiger charge is -2.17. The van der Waals surface area contributed by atoms with Gasteiger partial charge in [0.15, 0.2) is 0 Å². The molecule has 0 unspecified atom stereocenters. The molecule has 2 rings (SSSR count). The highest BCUT2D eigenvalue weighted by atomic mass is 32.2. The number of para-hydroxylation sites is 1. The molecule has 0 bridgehead atoms. The summed E-state index contributed by atoms with van der Waals surface area (Å²) < 4.78 is 26.4. The summed E-state index contributed by atoms with van der Waals surface area (Å²) >= 11 is 0. The third kappa shape index (κ3) is 6.19. The summed E-state index contributed by atoms with van der Waals surface area (Å²) in [5.41, 5.74) is 2.90. The molecule has 0 aliphatic carbocycles. The van der Waals surface area contributed by atoms with Crippen LogP contribution in [0.5, 0.6) is 0 Å². The van der Waals surface area contributed by atoms with E-state index in [1.54, 1.807) is 31.3 Å². The molecule has 0 heterocycles. The van der Waals surface area contributed by atoms with Gasteiger partial charge in [-0.3, -0.25) is 4.79 Å². The number of nitrogens with zero attached hydrogens (tertiary/aromatic N) is 1. The van der Waals surface area contributed by atoms with Crippen molar-refractivity contribution in [2.45, 2.75) is 44.4 Å². The van der Waals surface area contributed by atoms with Gasteiger partial charge < -0.3 is 5.32 Å². The van der Waals surface area contributed by atoms with Crippen molar-refractivity contribution in [3.8, 4) is 0 Å². The summed E-state index contributed by atoms with van der Waals surface area (Å²) in [5, 5.41) is 2.91. The van der Waals surface area contributed by atoms with Crippen LogP contribution in [-0.2, 0) is 14.8 Å². The lowest BCUT2D eigenvalue weighted by Crippen LogP contribution is -2.28. The quantitative estimate of drug-likeness (QED) is 0.657. The second-order valence-electron chi connectivity index (χ2n) is 6.81. The van der Waals surface area contributed by atoms with Gasteiger partial charge in [0.2, 0.25) is 15.9 Å². The molecule has 6 heteroatoms. The standard InChI is InChI=1S/C21H28N2O3S/c1-17-12-14-19(15-13-17)27(25,26)23(3)16-8-4-5-11-21(24)22-20-10-7-6-9-18(20)2/h6-7,9-10,12-15H,4-5,8,11,16H2,1-3H3,(H,22,24). The van der Waals surface area contributed by atoms with E-state index in [4.69, 9.17) is 0 Å². The molecule has 1 N–H and O–H groups in total. The van der Waals surface area contributed by atoms with Crippen LogP contribution in [0, 0.1) is 13.8 Å². The lowest BCUT2D eigenvalue weighted by molar-refractivity contribution is -0.116. The molecular weight excluding hydrogens is 360 g/mol. The molecule has 5 nitrogen and oxygen atoms in total. The van der Waals surface area contributed by atoms with Crippen LogP contribution in [0.4, 0.5) is 5.69 Å². The van der Waals surface area contributed by atoms with Crippen molar-refractivity contribution >= 4 is 21.6 Å². The molecule has 2 aromatic rings. The number of hydrogen-bond donors (Lipinski definition) is 1. The Morgan fingerprint density at radius 1 is 0.963 bits per heavy atom. The van der Waals surface area contributed by atoms with E-state index in [0.29, 0.717) is 17.9 Å². The van der Waals surface area contributed by atoms with Crippen molar-refractivity contribution in [2.24, 2.45) is 0 Å². The van der Waals surface area contributed by atoms with Crippen LogP contribution < -0.4 is 5.32 Å². The summed E-state index contributed by atoms with van der Waals surface area (Å²) in [4.78, 5) is 12.3. The molecule has 0 saturated heterocycles. The lowest BCUT2D eigenvalue weighted by atomic mass is 10.1. The zero-order chi connectivity index (χ0) is 19.9. The molecule has 0 radical (unpaired) electrons. The van der Waals surface area contributed by atoms with Gasteiger partial charge in [0, 0.05) is 25.7 Å². The minimum absolute atomic E-state index is 0.00932. The Morgan fingerprint density at radius 3 is 2.30 bits per heavy atom.